The van der Waals surface area contributed by atoms with Gasteiger partial charge in [-0.25, -0.2) is 4.79 Å². The van der Waals surface area contributed by atoms with Gasteiger partial charge in [-0.15, -0.1) is 0 Å². The number of amides is 1. The summed E-state index contributed by atoms with van der Waals surface area (Å²) in [5.74, 6) is -0.325. The quantitative estimate of drug-likeness (QED) is 0.670. The minimum Gasteiger partial charge on any atom is -0.462 e. The van der Waals surface area contributed by atoms with Crippen LogP contribution < -0.4 is 10.2 Å². The monoisotopic (exact) mass is 338 g/mol. The van der Waals surface area contributed by atoms with Crippen molar-refractivity contribution >= 4 is 23.3 Å². The first kappa shape index (κ1) is 17.0. The van der Waals surface area contributed by atoms with Gasteiger partial charge in [0, 0.05) is 6.54 Å². The third-order valence-electron chi connectivity index (χ3n) is 4.19. The van der Waals surface area contributed by atoms with Gasteiger partial charge >= 0.3 is 5.97 Å². The van der Waals surface area contributed by atoms with Crippen molar-refractivity contribution in [3.05, 3.63) is 60.2 Å². The molecule has 3 rings (SSSR count). The molecule has 2 aromatic carbocycles. The summed E-state index contributed by atoms with van der Waals surface area (Å²) in [6.07, 6.45) is 0.578. The second-order valence-electron chi connectivity index (χ2n) is 6.58. The fourth-order valence-electron chi connectivity index (χ4n) is 2.92. The summed E-state index contributed by atoms with van der Waals surface area (Å²) in [5.41, 5.74) is 1.68. The van der Waals surface area contributed by atoms with Crippen LogP contribution >= 0.6 is 0 Å². The highest BCUT2D eigenvalue weighted by Crippen LogP contribution is 2.34. The minimum absolute atomic E-state index is 0.0144. The van der Waals surface area contributed by atoms with E-state index in [9.17, 15) is 9.59 Å². The van der Waals surface area contributed by atoms with Crippen LogP contribution in [-0.2, 0) is 9.53 Å². The molecule has 130 valence electrons. The lowest BCUT2D eigenvalue weighted by Crippen LogP contribution is -2.54. The zero-order chi connectivity index (χ0) is 17.9. The van der Waals surface area contributed by atoms with Gasteiger partial charge < -0.3 is 15.0 Å². The first-order valence-corrected chi connectivity index (χ1v) is 8.40. The number of nitrogens with one attached hydrogen (secondary N) is 1. The van der Waals surface area contributed by atoms with E-state index in [0.717, 1.165) is 11.4 Å². The van der Waals surface area contributed by atoms with Crippen LogP contribution in [0.4, 0.5) is 11.4 Å². The number of esters is 1. The van der Waals surface area contributed by atoms with Gasteiger partial charge in [0.25, 0.3) is 5.91 Å². The molecule has 1 amide bonds. The highest BCUT2D eigenvalue weighted by atomic mass is 16.5. The molecule has 0 aromatic heterocycles. The minimum atomic E-state index is -0.658. The number of fused-ring (bicyclic) bond motifs is 1. The fraction of sp³-hybridized carbons (Fsp3) is 0.300. The van der Waals surface area contributed by atoms with E-state index < -0.39 is 5.54 Å². The Morgan fingerprint density at radius 1 is 1.08 bits per heavy atom. The molecule has 2 aromatic rings. The number of carbonyl (C=O) groups is 2. The van der Waals surface area contributed by atoms with Crippen molar-refractivity contribution < 1.29 is 14.3 Å². The highest BCUT2D eigenvalue weighted by molar-refractivity contribution is 6.07. The van der Waals surface area contributed by atoms with E-state index in [4.69, 9.17) is 4.74 Å². The van der Waals surface area contributed by atoms with Gasteiger partial charge in [0.15, 0.2) is 0 Å². The Morgan fingerprint density at radius 3 is 2.52 bits per heavy atom. The normalized spacial score (nSPS) is 15.3. The van der Waals surface area contributed by atoms with Crippen molar-refractivity contribution in [1.82, 2.24) is 0 Å². The molecule has 1 N–H and O–H groups in total. The topological polar surface area (TPSA) is 58.6 Å². The molecule has 0 bridgehead atoms. The lowest BCUT2D eigenvalue weighted by molar-refractivity contribution is -0.122. The van der Waals surface area contributed by atoms with Crippen molar-refractivity contribution in [1.29, 1.82) is 0 Å². The first-order chi connectivity index (χ1) is 12.0. The summed E-state index contributed by atoms with van der Waals surface area (Å²) in [7, 11) is 0. The number of hydrogen-bond donors (Lipinski definition) is 1. The van der Waals surface area contributed by atoms with Crippen molar-refractivity contribution in [3.8, 4) is 0 Å². The molecule has 5 nitrogen and oxygen atoms in total. The molecule has 0 aliphatic carbocycles. The molecule has 1 aliphatic rings. The zero-order valence-electron chi connectivity index (χ0n) is 14.5. The molecule has 5 heteroatoms. The predicted octanol–water partition coefficient (Wildman–Crippen LogP) is 3.47. The van der Waals surface area contributed by atoms with Gasteiger partial charge in [-0.05, 0) is 44.5 Å². The average molecular weight is 338 g/mol. The molecule has 0 spiro atoms. The fourth-order valence-corrected chi connectivity index (χ4v) is 2.92. The molecule has 0 saturated carbocycles. The smallest absolute Gasteiger partial charge is 0.338 e. The molecule has 25 heavy (non-hydrogen) atoms. The van der Waals surface area contributed by atoms with Crippen molar-refractivity contribution in [3.63, 3.8) is 0 Å². The number of ether oxygens (including phenoxy) is 1. The van der Waals surface area contributed by atoms with Crippen LogP contribution in [0, 0.1) is 0 Å². The van der Waals surface area contributed by atoms with E-state index in [1.165, 1.54) is 0 Å². The second-order valence-corrected chi connectivity index (χ2v) is 6.58. The van der Waals surface area contributed by atoms with Crippen LogP contribution in [0.5, 0.6) is 0 Å². The van der Waals surface area contributed by atoms with Crippen LogP contribution in [0.1, 0.15) is 30.6 Å². The molecule has 1 aliphatic heterocycles. The molecule has 0 fully saturated rings. The van der Waals surface area contributed by atoms with E-state index in [1.807, 2.05) is 44.2 Å². The maximum atomic E-state index is 12.7. The summed E-state index contributed by atoms with van der Waals surface area (Å²) >= 11 is 0. The van der Waals surface area contributed by atoms with Crippen molar-refractivity contribution in [2.45, 2.75) is 25.8 Å². The molecule has 1 heterocycles. The molecule has 0 atom stereocenters. The van der Waals surface area contributed by atoms with Crippen molar-refractivity contribution in [2.75, 3.05) is 23.4 Å². The third kappa shape index (κ3) is 3.65. The van der Waals surface area contributed by atoms with Crippen LogP contribution in [0.3, 0.4) is 0 Å². The molecule has 0 saturated heterocycles. The largest absolute Gasteiger partial charge is 0.462 e. The van der Waals surface area contributed by atoms with Gasteiger partial charge in [0.05, 0.1) is 23.5 Å². The summed E-state index contributed by atoms with van der Waals surface area (Å²) < 4.78 is 5.30. The first-order valence-electron chi connectivity index (χ1n) is 8.40. The lowest BCUT2D eigenvalue weighted by Gasteiger charge is -2.39. The van der Waals surface area contributed by atoms with Crippen LogP contribution in [0.25, 0.3) is 0 Å². The standard InChI is InChI=1S/C20H22N2O3/c1-20(2)19(24)22(17-12-7-6-11-16(17)21-20)13-8-14-25-18(23)15-9-4-3-5-10-15/h3-7,9-12,21H,8,13-14H2,1-2H3. The van der Waals surface area contributed by atoms with E-state index in [-0.39, 0.29) is 18.5 Å². The highest BCUT2D eigenvalue weighted by Gasteiger charge is 2.38. The van der Waals surface area contributed by atoms with E-state index in [1.54, 1.807) is 29.2 Å². The van der Waals surface area contributed by atoms with Gasteiger partial charge in [0.1, 0.15) is 5.54 Å². The Morgan fingerprint density at radius 2 is 1.76 bits per heavy atom. The Bertz CT molecular complexity index is 772. The maximum absolute atomic E-state index is 12.7. The second kappa shape index (κ2) is 6.97. The number of anilines is 2. The molecular weight excluding hydrogens is 316 g/mol. The Hall–Kier alpha value is -2.82. The Labute approximate surface area is 147 Å². The van der Waals surface area contributed by atoms with Gasteiger partial charge in [-0.1, -0.05) is 30.3 Å². The van der Waals surface area contributed by atoms with Crippen LogP contribution in [0.15, 0.2) is 54.6 Å². The van der Waals surface area contributed by atoms with E-state index >= 15 is 0 Å². The number of rotatable bonds is 5. The summed E-state index contributed by atoms with van der Waals surface area (Å²) in [4.78, 5) is 26.4. The van der Waals surface area contributed by atoms with Gasteiger partial charge in [-0.2, -0.15) is 0 Å². The summed E-state index contributed by atoms with van der Waals surface area (Å²) in [5, 5.41) is 3.27. The number of carbonyl (C=O) groups excluding carboxylic acids is 2. The number of nitrogens with zero attached hydrogens (tertiary/aromatic N) is 1. The van der Waals surface area contributed by atoms with E-state index in [2.05, 4.69) is 5.32 Å². The average Bonchev–Trinajstić information content (AvgIpc) is 2.61. The number of benzene rings is 2. The Kier molecular flexibility index (Phi) is 4.74. The molecule has 0 radical (unpaired) electrons. The SMILES string of the molecule is CC1(C)Nc2ccccc2N(CCCOC(=O)c2ccccc2)C1=O. The van der Waals surface area contributed by atoms with Crippen LogP contribution in [-0.4, -0.2) is 30.6 Å². The number of para-hydroxylation sites is 2. The number of hydrogen-bond acceptors (Lipinski definition) is 4. The summed E-state index contributed by atoms with van der Waals surface area (Å²) in [6, 6.07) is 16.6. The summed E-state index contributed by atoms with van der Waals surface area (Å²) in [6.45, 7) is 4.51. The third-order valence-corrected chi connectivity index (χ3v) is 4.19. The van der Waals surface area contributed by atoms with Gasteiger partial charge in [0.2, 0.25) is 0 Å². The molecule has 0 unspecified atom stereocenters. The predicted molar refractivity (Wildman–Crippen MR) is 97.8 cm³/mol. The van der Waals surface area contributed by atoms with Crippen molar-refractivity contribution in [2.24, 2.45) is 0 Å². The maximum Gasteiger partial charge on any atom is 0.338 e. The molecular formula is C20H22N2O3. The van der Waals surface area contributed by atoms with Gasteiger partial charge in [-0.3, -0.25) is 4.79 Å². The lowest BCUT2D eigenvalue weighted by atomic mass is 9.98. The Balaban J connectivity index is 1.61. The van der Waals surface area contributed by atoms with E-state index in [0.29, 0.717) is 18.5 Å². The van der Waals surface area contributed by atoms with Crippen LogP contribution in [0.2, 0.25) is 0 Å². The zero-order valence-corrected chi connectivity index (χ0v) is 14.5.